The predicted octanol–water partition coefficient (Wildman–Crippen LogP) is 10.5. The minimum atomic E-state index is -1.95. The summed E-state index contributed by atoms with van der Waals surface area (Å²) in [6.45, 7) is 26.7. The van der Waals surface area contributed by atoms with Crippen LogP contribution < -0.4 is 17.7 Å². The fourth-order valence-electron chi connectivity index (χ4n) is 4.74. The Morgan fingerprint density at radius 2 is 0.675 bits per heavy atom. The third-order valence-corrected chi connectivity index (χ3v) is 9.20. The minimum absolute atomic E-state index is 0.890. The fourth-order valence-corrected chi connectivity index (χ4v) is 8.07. The molecule has 0 N–H and O–H groups in total. The Kier molecular flexibility index (Phi) is 8.14. The molecule has 0 heterocycles. The van der Waals surface area contributed by atoms with Crippen LogP contribution in [0.15, 0.2) is 60.7 Å². The highest BCUT2D eigenvalue weighted by Crippen LogP contribution is 2.48. The minimum Gasteiger partial charge on any atom is -0.544 e. The molecule has 40 heavy (non-hydrogen) atoms. The number of hydrogen-bond acceptors (Lipinski definition) is 4. The van der Waals surface area contributed by atoms with Crippen molar-refractivity contribution in [1.29, 1.82) is 0 Å². The molecular weight excluding hydrogens is 561 g/mol. The van der Waals surface area contributed by atoms with Gasteiger partial charge < -0.3 is 17.7 Å². The van der Waals surface area contributed by atoms with Crippen LogP contribution in [0.25, 0.3) is 32.7 Å². The van der Waals surface area contributed by atoms with Crippen LogP contribution in [0.4, 0.5) is 0 Å². The highest BCUT2D eigenvalue weighted by Gasteiger charge is 2.27. The van der Waals surface area contributed by atoms with Crippen molar-refractivity contribution in [2.24, 2.45) is 0 Å². The van der Waals surface area contributed by atoms with Crippen LogP contribution in [0.3, 0.4) is 0 Å². The first-order valence-electron chi connectivity index (χ1n) is 14.2. The van der Waals surface area contributed by atoms with Gasteiger partial charge in [0.15, 0.2) is 0 Å². The first-order chi connectivity index (χ1) is 18.3. The van der Waals surface area contributed by atoms with E-state index in [2.05, 4.69) is 139 Å². The van der Waals surface area contributed by atoms with Crippen molar-refractivity contribution in [3.63, 3.8) is 0 Å². The van der Waals surface area contributed by atoms with Crippen LogP contribution in [0.5, 0.6) is 23.0 Å². The lowest BCUT2D eigenvalue weighted by Crippen LogP contribution is -2.30. The second-order valence-corrected chi connectivity index (χ2v) is 32.2. The number of rotatable bonds is 9. The molecule has 0 aromatic heterocycles. The summed E-state index contributed by atoms with van der Waals surface area (Å²) in [6.07, 6.45) is 0. The van der Waals surface area contributed by atoms with E-state index in [0.29, 0.717) is 0 Å². The maximum Gasteiger partial charge on any atom is 0.242 e. The highest BCUT2D eigenvalue weighted by molar-refractivity contribution is 6.71. The van der Waals surface area contributed by atoms with Crippen LogP contribution in [0, 0.1) is 0 Å². The van der Waals surface area contributed by atoms with Gasteiger partial charge in [0, 0.05) is 11.1 Å². The molecule has 0 aliphatic carbocycles. The molecule has 0 amide bonds. The molecule has 8 heteroatoms. The SMILES string of the molecule is C[Si](C)(C)Oc1ccc2ccc(O[Si](C)(C)C)c(-c3c(O[Si](C)(C)C)ccc4ccc(O[Si](C)(C)C)cc34)c2c1. The maximum atomic E-state index is 6.82. The molecule has 0 saturated heterocycles. The number of benzene rings is 4. The second kappa shape index (κ2) is 10.7. The molecular formula is C32H46O4Si4. The van der Waals surface area contributed by atoms with E-state index >= 15 is 0 Å². The largest absolute Gasteiger partial charge is 0.544 e. The summed E-state index contributed by atoms with van der Waals surface area (Å²) in [7, 11) is -7.52. The monoisotopic (exact) mass is 606 g/mol. The molecule has 0 atom stereocenters. The van der Waals surface area contributed by atoms with Crippen LogP contribution in [0.2, 0.25) is 78.6 Å². The Morgan fingerprint density at radius 1 is 0.375 bits per heavy atom. The van der Waals surface area contributed by atoms with Gasteiger partial charge in [0.2, 0.25) is 33.3 Å². The third-order valence-electron chi connectivity index (χ3n) is 5.84. The molecule has 4 nitrogen and oxygen atoms in total. The molecule has 0 bridgehead atoms. The van der Waals surface area contributed by atoms with Crippen molar-refractivity contribution in [3.8, 4) is 34.1 Å². The summed E-state index contributed by atoms with van der Waals surface area (Å²) in [5, 5.41) is 4.50. The molecule has 4 rings (SSSR count). The zero-order valence-electron chi connectivity index (χ0n) is 26.4. The van der Waals surface area contributed by atoms with Crippen molar-refractivity contribution in [2.75, 3.05) is 0 Å². The van der Waals surface area contributed by atoms with Crippen LogP contribution in [0.1, 0.15) is 0 Å². The lowest BCUT2D eigenvalue weighted by molar-refractivity contribution is 0.551. The van der Waals surface area contributed by atoms with Crippen molar-refractivity contribution in [1.82, 2.24) is 0 Å². The Morgan fingerprint density at radius 3 is 0.975 bits per heavy atom. The van der Waals surface area contributed by atoms with Gasteiger partial charge in [0.25, 0.3) is 0 Å². The molecule has 0 aliphatic heterocycles. The topological polar surface area (TPSA) is 36.9 Å². The second-order valence-electron chi connectivity index (χ2n) is 14.5. The molecule has 214 valence electrons. The van der Waals surface area contributed by atoms with E-state index in [4.69, 9.17) is 17.7 Å². The van der Waals surface area contributed by atoms with Crippen molar-refractivity contribution in [2.45, 2.75) is 78.6 Å². The predicted molar refractivity (Wildman–Crippen MR) is 183 cm³/mol. The molecule has 4 aromatic carbocycles. The van der Waals surface area contributed by atoms with Gasteiger partial charge in [-0.1, -0.05) is 24.3 Å². The van der Waals surface area contributed by atoms with E-state index in [1.807, 2.05) is 0 Å². The van der Waals surface area contributed by atoms with Gasteiger partial charge in [-0.2, -0.15) is 0 Å². The van der Waals surface area contributed by atoms with Gasteiger partial charge in [0.05, 0.1) is 0 Å². The fraction of sp³-hybridized carbons (Fsp3) is 0.375. The van der Waals surface area contributed by atoms with Gasteiger partial charge in [0.1, 0.15) is 23.0 Å². The maximum absolute atomic E-state index is 6.82. The molecule has 0 unspecified atom stereocenters. The average Bonchev–Trinajstić information content (AvgIpc) is 2.75. The molecule has 0 aliphatic rings. The van der Waals surface area contributed by atoms with Gasteiger partial charge in [-0.05, 0) is 137 Å². The lowest BCUT2D eigenvalue weighted by Gasteiger charge is -2.28. The first-order valence-corrected chi connectivity index (χ1v) is 27.8. The molecule has 0 saturated carbocycles. The van der Waals surface area contributed by atoms with Crippen LogP contribution >= 0.6 is 0 Å². The van der Waals surface area contributed by atoms with Crippen LogP contribution in [-0.2, 0) is 0 Å². The average molecular weight is 607 g/mol. The lowest BCUT2D eigenvalue weighted by atomic mass is 9.92. The van der Waals surface area contributed by atoms with Crippen molar-refractivity contribution in [3.05, 3.63) is 60.7 Å². The summed E-state index contributed by atoms with van der Waals surface area (Å²) in [5.41, 5.74) is 2.12. The van der Waals surface area contributed by atoms with Crippen molar-refractivity contribution < 1.29 is 17.7 Å². The third kappa shape index (κ3) is 7.81. The number of fused-ring (bicyclic) bond motifs is 2. The van der Waals surface area contributed by atoms with Gasteiger partial charge >= 0.3 is 0 Å². The van der Waals surface area contributed by atoms with Crippen LogP contribution in [-0.4, -0.2) is 33.3 Å². The first kappa shape index (κ1) is 30.4. The summed E-state index contributed by atoms with van der Waals surface area (Å²) < 4.78 is 26.6. The van der Waals surface area contributed by atoms with E-state index in [1.54, 1.807) is 0 Å². The quantitative estimate of drug-likeness (QED) is 0.178. The number of hydrogen-bond donors (Lipinski definition) is 0. The van der Waals surface area contributed by atoms with E-state index in [-0.39, 0.29) is 0 Å². The summed E-state index contributed by atoms with van der Waals surface area (Å²) in [6, 6.07) is 21.5. The Hall–Kier alpha value is -2.53. The molecule has 4 aromatic rings. The zero-order valence-corrected chi connectivity index (χ0v) is 30.4. The van der Waals surface area contributed by atoms with E-state index < -0.39 is 33.3 Å². The Labute approximate surface area is 245 Å². The summed E-state index contributed by atoms with van der Waals surface area (Å²) >= 11 is 0. The summed E-state index contributed by atoms with van der Waals surface area (Å²) in [4.78, 5) is 0. The summed E-state index contributed by atoms with van der Waals surface area (Å²) in [5.74, 6) is 3.57. The van der Waals surface area contributed by atoms with Gasteiger partial charge in [-0.15, -0.1) is 0 Å². The molecule has 0 fully saturated rings. The van der Waals surface area contributed by atoms with Gasteiger partial charge in [-0.25, -0.2) is 0 Å². The van der Waals surface area contributed by atoms with E-state index in [9.17, 15) is 0 Å². The smallest absolute Gasteiger partial charge is 0.242 e. The highest BCUT2D eigenvalue weighted by atomic mass is 28.4. The normalized spacial score (nSPS) is 13.0. The zero-order chi connectivity index (χ0) is 29.7. The van der Waals surface area contributed by atoms with Crippen molar-refractivity contribution >= 4 is 54.8 Å². The van der Waals surface area contributed by atoms with Gasteiger partial charge in [-0.3, -0.25) is 0 Å². The van der Waals surface area contributed by atoms with E-state index in [0.717, 1.165) is 55.7 Å². The molecule has 0 radical (unpaired) electrons. The Bertz CT molecular complexity index is 1410. The Balaban J connectivity index is 2.15. The standard InChI is InChI=1S/C32H46O4Si4/c1-37(2,3)33-25-17-13-23-15-19-29(35-39(7,8)9)31(27(23)21-25)32-28-22-26(34-38(4,5)6)18-14-24(28)16-20-30(32)36-40(10,11)12/h13-22H,1-12H3. The molecule has 0 spiro atoms. The van der Waals surface area contributed by atoms with E-state index in [1.165, 1.54) is 0 Å².